The molecular weight excluding hydrogens is 374 g/mol. The maximum absolute atomic E-state index is 12.5. The first-order valence-electron chi connectivity index (χ1n) is 9.45. The molecule has 1 N–H and O–H groups in total. The summed E-state index contributed by atoms with van der Waals surface area (Å²) in [7, 11) is 0. The van der Waals surface area contributed by atoms with Crippen LogP contribution in [0.2, 0.25) is 0 Å². The summed E-state index contributed by atoms with van der Waals surface area (Å²) in [4.78, 5) is 12.5. The van der Waals surface area contributed by atoms with Crippen molar-refractivity contribution in [3.63, 3.8) is 0 Å². The first-order valence-corrected chi connectivity index (χ1v) is 10.4. The van der Waals surface area contributed by atoms with Gasteiger partial charge in [-0.25, -0.2) is 9.36 Å². The van der Waals surface area contributed by atoms with Gasteiger partial charge >= 0.3 is 0 Å². The summed E-state index contributed by atoms with van der Waals surface area (Å²) in [6, 6.07) is 10.2. The summed E-state index contributed by atoms with van der Waals surface area (Å²) in [5.41, 5.74) is 3.41. The second-order valence-corrected chi connectivity index (χ2v) is 7.92. The minimum absolute atomic E-state index is 0.0928. The molecule has 3 aromatic rings. The minimum Gasteiger partial charge on any atom is -0.322 e. The molecule has 0 spiro atoms. The van der Waals surface area contributed by atoms with Crippen molar-refractivity contribution in [1.82, 2.24) is 30.0 Å². The minimum atomic E-state index is -0.0928. The third-order valence-electron chi connectivity index (χ3n) is 5.02. The van der Waals surface area contributed by atoms with E-state index < -0.39 is 0 Å². The van der Waals surface area contributed by atoms with Gasteiger partial charge in [0.2, 0.25) is 11.1 Å². The van der Waals surface area contributed by atoms with Gasteiger partial charge in [-0.3, -0.25) is 4.79 Å². The summed E-state index contributed by atoms with van der Waals surface area (Å²) < 4.78 is 3.72. The van der Waals surface area contributed by atoms with Crippen molar-refractivity contribution in [1.29, 1.82) is 0 Å². The summed E-state index contributed by atoms with van der Waals surface area (Å²) >= 11 is 1.37. The number of aromatic nitrogens is 6. The van der Waals surface area contributed by atoms with Gasteiger partial charge in [0.25, 0.3) is 0 Å². The Balaban J connectivity index is 1.42. The monoisotopic (exact) mass is 397 g/mol. The van der Waals surface area contributed by atoms with E-state index in [0.717, 1.165) is 35.6 Å². The first kappa shape index (κ1) is 18.7. The molecule has 0 bridgehead atoms. The van der Waals surface area contributed by atoms with Crippen molar-refractivity contribution >= 4 is 23.4 Å². The SMILES string of the molecule is Cc1nn(-c2ccccc2)c(C)c1NC(=O)CSc1nnnn1C1CCCC1. The Morgan fingerprint density at radius 2 is 1.96 bits per heavy atom. The summed E-state index contributed by atoms with van der Waals surface area (Å²) in [5.74, 6) is 0.160. The second-order valence-electron chi connectivity index (χ2n) is 6.97. The zero-order chi connectivity index (χ0) is 19.5. The molecule has 1 aromatic carbocycles. The standard InChI is InChI=1S/C19H23N7OS/c1-13-18(14(2)25(22-13)15-8-4-3-5-9-15)20-17(27)12-28-19-21-23-24-26(19)16-10-6-7-11-16/h3-5,8-9,16H,6-7,10-12H2,1-2H3,(H,20,27). The van der Waals surface area contributed by atoms with Crippen LogP contribution in [0.4, 0.5) is 5.69 Å². The highest BCUT2D eigenvalue weighted by molar-refractivity contribution is 7.99. The summed E-state index contributed by atoms with van der Waals surface area (Å²) in [6.45, 7) is 3.85. The number of aryl methyl sites for hydroxylation is 1. The van der Waals surface area contributed by atoms with Crippen LogP contribution >= 0.6 is 11.8 Å². The number of benzene rings is 1. The van der Waals surface area contributed by atoms with Gasteiger partial charge in [-0.2, -0.15) is 5.10 Å². The van der Waals surface area contributed by atoms with Crippen molar-refractivity contribution in [2.75, 3.05) is 11.1 Å². The Kier molecular flexibility index (Phi) is 5.43. The number of thioether (sulfide) groups is 1. The van der Waals surface area contributed by atoms with Gasteiger partial charge in [-0.15, -0.1) is 5.10 Å². The number of nitrogens with one attached hydrogen (secondary N) is 1. The molecule has 4 rings (SSSR count). The molecule has 1 aliphatic rings. The lowest BCUT2D eigenvalue weighted by molar-refractivity contribution is -0.113. The number of hydrogen-bond donors (Lipinski definition) is 1. The molecule has 1 amide bonds. The van der Waals surface area contributed by atoms with Crippen LogP contribution in [0.15, 0.2) is 35.5 Å². The molecule has 1 aliphatic carbocycles. The molecule has 0 saturated heterocycles. The average Bonchev–Trinajstić information content (AvgIpc) is 3.44. The van der Waals surface area contributed by atoms with Gasteiger partial charge < -0.3 is 5.32 Å². The molecule has 0 unspecified atom stereocenters. The fourth-order valence-corrected chi connectivity index (χ4v) is 4.35. The third kappa shape index (κ3) is 3.80. The van der Waals surface area contributed by atoms with E-state index in [9.17, 15) is 4.79 Å². The second kappa shape index (κ2) is 8.14. The quantitative estimate of drug-likeness (QED) is 0.642. The zero-order valence-corrected chi connectivity index (χ0v) is 16.8. The Hall–Kier alpha value is -2.68. The average molecular weight is 398 g/mol. The number of para-hydroxylation sites is 1. The highest BCUT2D eigenvalue weighted by Crippen LogP contribution is 2.31. The topological polar surface area (TPSA) is 90.5 Å². The smallest absolute Gasteiger partial charge is 0.234 e. The van der Waals surface area contributed by atoms with Crippen molar-refractivity contribution < 1.29 is 4.79 Å². The van der Waals surface area contributed by atoms with Gasteiger partial charge in [0.15, 0.2) is 0 Å². The van der Waals surface area contributed by atoms with Crippen molar-refractivity contribution in [2.24, 2.45) is 0 Å². The molecule has 1 saturated carbocycles. The number of carbonyl (C=O) groups is 1. The number of nitrogens with zero attached hydrogens (tertiary/aromatic N) is 6. The molecule has 0 atom stereocenters. The maximum Gasteiger partial charge on any atom is 0.234 e. The van der Waals surface area contributed by atoms with Crippen molar-refractivity contribution in [3.8, 4) is 5.69 Å². The van der Waals surface area contributed by atoms with E-state index in [1.807, 2.05) is 53.5 Å². The lowest BCUT2D eigenvalue weighted by atomic mass is 10.3. The van der Waals surface area contributed by atoms with E-state index >= 15 is 0 Å². The van der Waals surface area contributed by atoms with E-state index in [4.69, 9.17) is 0 Å². The fraction of sp³-hybridized carbons (Fsp3) is 0.421. The van der Waals surface area contributed by atoms with E-state index in [2.05, 4.69) is 25.9 Å². The molecule has 0 aliphatic heterocycles. The zero-order valence-electron chi connectivity index (χ0n) is 16.0. The van der Waals surface area contributed by atoms with E-state index in [0.29, 0.717) is 11.2 Å². The van der Waals surface area contributed by atoms with Crippen LogP contribution in [0.5, 0.6) is 0 Å². The lowest BCUT2D eigenvalue weighted by Gasteiger charge is -2.11. The van der Waals surface area contributed by atoms with E-state index in [1.165, 1.54) is 24.6 Å². The molecule has 146 valence electrons. The number of rotatable bonds is 6. The number of hydrogen-bond acceptors (Lipinski definition) is 6. The molecule has 2 heterocycles. The molecular formula is C19H23N7OS. The van der Waals surface area contributed by atoms with Crippen LogP contribution in [0.1, 0.15) is 43.1 Å². The Bertz CT molecular complexity index is 960. The fourth-order valence-electron chi connectivity index (χ4n) is 3.61. The molecule has 9 heteroatoms. The van der Waals surface area contributed by atoms with E-state index in [1.54, 1.807) is 0 Å². The van der Waals surface area contributed by atoms with Crippen molar-refractivity contribution in [3.05, 3.63) is 41.7 Å². The summed E-state index contributed by atoms with van der Waals surface area (Å²) in [5, 5.41) is 20.3. The molecule has 1 fully saturated rings. The molecule has 2 aromatic heterocycles. The Morgan fingerprint density at radius 3 is 2.71 bits per heavy atom. The highest BCUT2D eigenvalue weighted by atomic mass is 32.2. The predicted octanol–water partition coefficient (Wildman–Crippen LogP) is 3.32. The Morgan fingerprint density at radius 1 is 1.21 bits per heavy atom. The van der Waals surface area contributed by atoms with Gasteiger partial charge in [-0.1, -0.05) is 42.8 Å². The molecule has 28 heavy (non-hydrogen) atoms. The van der Waals surface area contributed by atoms with Gasteiger partial charge in [0, 0.05) is 0 Å². The molecule has 0 radical (unpaired) electrons. The van der Waals surface area contributed by atoms with Crippen LogP contribution in [0, 0.1) is 13.8 Å². The van der Waals surface area contributed by atoms with Gasteiger partial charge in [0.05, 0.1) is 34.6 Å². The summed E-state index contributed by atoms with van der Waals surface area (Å²) in [6.07, 6.45) is 4.61. The van der Waals surface area contributed by atoms with Crippen LogP contribution in [0.3, 0.4) is 0 Å². The number of amides is 1. The van der Waals surface area contributed by atoms with E-state index in [-0.39, 0.29) is 11.7 Å². The maximum atomic E-state index is 12.5. The number of tetrazole rings is 1. The highest BCUT2D eigenvalue weighted by Gasteiger charge is 2.22. The van der Waals surface area contributed by atoms with Gasteiger partial charge in [0.1, 0.15) is 0 Å². The Labute approximate surface area is 167 Å². The number of anilines is 1. The lowest BCUT2D eigenvalue weighted by Crippen LogP contribution is -2.16. The van der Waals surface area contributed by atoms with Crippen LogP contribution < -0.4 is 5.32 Å². The van der Waals surface area contributed by atoms with Crippen molar-refractivity contribution in [2.45, 2.75) is 50.7 Å². The number of carbonyl (C=O) groups excluding carboxylic acids is 1. The predicted molar refractivity (Wildman–Crippen MR) is 108 cm³/mol. The van der Waals surface area contributed by atoms with Gasteiger partial charge in [-0.05, 0) is 49.2 Å². The van der Waals surface area contributed by atoms with Crippen LogP contribution in [0.25, 0.3) is 5.69 Å². The largest absolute Gasteiger partial charge is 0.322 e. The molecule has 8 nitrogen and oxygen atoms in total. The van der Waals surface area contributed by atoms with Crippen LogP contribution in [-0.2, 0) is 4.79 Å². The first-order chi connectivity index (χ1) is 13.6. The normalized spacial score (nSPS) is 14.5. The van der Waals surface area contributed by atoms with Crippen LogP contribution in [-0.4, -0.2) is 41.6 Å². The third-order valence-corrected chi connectivity index (χ3v) is 5.96.